The fraction of sp³-hybridized carbons (Fsp3) is 0.562. The highest BCUT2D eigenvalue weighted by Gasteiger charge is 2.15. The molecule has 1 unspecified atom stereocenters. The van der Waals surface area contributed by atoms with Crippen molar-refractivity contribution in [2.75, 3.05) is 27.4 Å². The van der Waals surface area contributed by atoms with Gasteiger partial charge >= 0.3 is 5.97 Å². The summed E-state index contributed by atoms with van der Waals surface area (Å²) < 4.78 is 9.81. The number of esters is 1. The molecule has 1 aromatic carbocycles. The number of carbonyl (C=O) groups is 1. The van der Waals surface area contributed by atoms with Crippen LogP contribution in [0, 0.1) is 13.8 Å². The van der Waals surface area contributed by atoms with Crippen LogP contribution in [0.5, 0.6) is 0 Å². The molecule has 0 radical (unpaired) electrons. The van der Waals surface area contributed by atoms with Crippen LogP contribution in [0.15, 0.2) is 18.2 Å². The molecular weight excluding hydrogens is 254 g/mol. The van der Waals surface area contributed by atoms with Gasteiger partial charge in [0.05, 0.1) is 20.1 Å². The lowest BCUT2D eigenvalue weighted by atomic mass is 9.97. The van der Waals surface area contributed by atoms with Crippen molar-refractivity contribution in [3.05, 3.63) is 34.9 Å². The van der Waals surface area contributed by atoms with E-state index < -0.39 is 0 Å². The Morgan fingerprint density at radius 3 is 2.70 bits per heavy atom. The number of rotatable bonds is 8. The predicted molar refractivity (Wildman–Crippen MR) is 79.9 cm³/mol. The molecule has 1 rings (SSSR count). The highest BCUT2D eigenvalue weighted by atomic mass is 16.5. The van der Waals surface area contributed by atoms with Gasteiger partial charge < -0.3 is 14.8 Å². The van der Waals surface area contributed by atoms with Crippen LogP contribution in [0.4, 0.5) is 0 Å². The third-order valence-electron chi connectivity index (χ3n) is 3.35. The van der Waals surface area contributed by atoms with Crippen molar-refractivity contribution >= 4 is 5.97 Å². The third-order valence-corrected chi connectivity index (χ3v) is 3.35. The normalized spacial score (nSPS) is 12.2. The second kappa shape index (κ2) is 8.72. The number of benzene rings is 1. The van der Waals surface area contributed by atoms with E-state index in [-0.39, 0.29) is 12.0 Å². The molecule has 1 aromatic rings. The Hall–Kier alpha value is -1.39. The lowest BCUT2D eigenvalue weighted by Gasteiger charge is -2.19. The fourth-order valence-corrected chi connectivity index (χ4v) is 2.15. The number of hydrogen-bond acceptors (Lipinski definition) is 4. The molecule has 0 fully saturated rings. The largest absolute Gasteiger partial charge is 0.469 e. The first-order valence-electron chi connectivity index (χ1n) is 6.92. The zero-order valence-corrected chi connectivity index (χ0v) is 12.9. The van der Waals surface area contributed by atoms with E-state index in [2.05, 4.69) is 37.4 Å². The van der Waals surface area contributed by atoms with Gasteiger partial charge in [-0.3, -0.25) is 4.79 Å². The SMILES string of the molecule is COCCNC(CC(=O)OC)Cc1cc(C)ccc1C. The molecule has 1 atom stereocenters. The van der Waals surface area contributed by atoms with E-state index in [4.69, 9.17) is 9.47 Å². The Bertz CT molecular complexity index is 432. The molecule has 0 saturated heterocycles. The van der Waals surface area contributed by atoms with Crippen molar-refractivity contribution in [3.63, 3.8) is 0 Å². The molecule has 0 bridgehead atoms. The van der Waals surface area contributed by atoms with E-state index in [1.54, 1.807) is 7.11 Å². The molecule has 4 heteroatoms. The number of methoxy groups -OCH3 is 2. The molecule has 0 aliphatic carbocycles. The van der Waals surface area contributed by atoms with Crippen molar-refractivity contribution in [1.82, 2.24) is 5.32 Å². The molecule has 20 heavy (non-hydrogen) atoms. The van der Waals surface area contributed by atoms with E-state index in [1.807, 2.05) is 0 Å². The van der Waals surface area contributed by atoms with Crippen molar-refractivity contribution in [2.24, 2.45) is 0 Å². The quantitative estimate of drug-likeness (QED) is 0.584. The minimum atomic E-state index is -0.190. The topological polar surface area (TPSA) is 47.6 Å². The molecule has 0 aromatic heterocycles. The smallest absolute Gasteiger partial charge is 0.307 e. The Labute approximate surface area is 121 Å². The summed E-state index contributed by atoms with van der Waals surface area (Å²) in [6, 6.07) is 6.47. The average molecular weight is 279 g/mol. The second-order valence-corrected chi connectivity index (χ2v) is 5.06. The number of carbonyl (C=O) groups excluding carboxylic acids is 1. The molecule has 4 nitrogen and oxygen atoms in total. The Kier molecular flexibility index (Phi) is 7.26. The van der Waals surface area contributed by atoms with Gasteiger partial charge in [0, 0.05) is 19.7 Å². The van der Waals surface area contributed by atoms with Crippen LogP contribution in [0.2, 0.25) is 0 Å². The van der Waals surface area contributed by atoms with Crippen LogP contribution in [0.25, 0.3) is 0 Å². The molecule has 0 spiro atoms. The average Bonchev–Trinajstić information content (AvgIpc) is 2.42. The van der Waals surface area contributed by atoms with E-state index in [0.717, 1.165) is 13.0 Å². The predicted octanol–water partition coefficient (Wildman–Crippen LogP) is 2.01. The molecule has 112 valence electrons. The summed E-state index contributed by atoms with van der Waals surface area (Å²) in [6.45, 7) is 5.53. The van der Waals surface area contributed by atoms with Crippen LogP contribution in [-0.2, 0) is 20.7 Å². The van der Waals surface area contributed by atoms with Crippen molar-refractivity contribution in [3.8, 4) is 0 Å². The summed E-state index contributed by atoms with van der Waals surface area (Å²) in [5.74, 6) is -0.190. The monoisotopic (exact) mass is 279 g/mol. The molecule has 1 N–H and O–H groups in total. The Morgan fingerprint density at radius 1 is 1.30 bits per heavy atom. The lowest BCUT2D eigenvalue weighted by molar-refractivity contribution is -0.141. The molecule has 0 aliphatic rings. The van der Waals surface area contributed by atoms with Gasteiger partial charge in [-0.25, -0.2) is 0 Å². The first-order valence-corrected chi connectivity index (χ1v) is 6.92. The van der Waals surface area contributed by atoms with Gasteiger partial charge in [-0.2, -0.15) is 0 Å². The second-order valence-electron chi connectivity index (χ2n) is 5.06. The van der Waals surface area contributed by atoms with Gasteiger partial charge in [-0.15, -0.1) is 0 Å². The molecule has 0 saturated carbocycles. The van der Waals surface area contributed by atoms with Gasteiger partial charge in [0.25, 0.3) is 0 Å². The van der Waals surface area contributed by atoms with E-state index in [0.29, 0.717) is 13.0 Å². The van der Waals surface area contributed by atoms with E-state index in [1.165, 1.54) is 23.8 Å². The maximum absolute atomic E-state index is 11.5. The standard InChI is InChI=1S/C16H25NO3/c1-12-5-6-13(2)14(9-12)10-15(11-16(18)20-4)17-7-8-19-3/h5-6,9,15,17H,7-8,10-11H2,1-4H3. The minimum Gasteiger partial charge on any atom is -0.469 e. The summed E-state index contributed by atoms with van der Waals surface area (Å²) in [5.41, 5.74) is 3.75. The number of ether oxygens (including phenoxy) is 2. The van der Waals surface area contributed by atoms with Crippen molar-refractivity contribution in [1.29, 1.82) is 0 Å². The summed E-state index contributed by atoms with van der Waals surface area (Å²) >= 11 is 0. The highest BCUT2D eigenvalue weighted by Crippen LogP contribution is 2.14. The number of aryl methyl sites for hydroxylation is 2. The van der Waals surface area contributed by atoms with E-state index >= 15 is 0 Å². The van der Waals surface area contributed by atoms with E-state index in [9.17, 15) is 4.79 Å². The first kappa shape index (κ1) is 16.7. The summed E-state index contributed by atoms with van der Waals surface area (Å²) in [7, 11) is 3.09. The van der Waals surface area contributed by atoms with Crippen LogP contribution in [0.1, 0.15) is 23.1 Å². The van der Waals surface area contributed by atoms with Crippen LogP contribution < -0.4 is 5.32 Å². The summed E-state index contributed by atoms with van der Waals surface area (Å²) in [4.78, 5) is 11.5. The Balaban J connectivity index is 2.71. The van der Waals surface area contributed by atoms with Gasteiger partial charge in [-0.1, -0.05) is 23.8 Å². The van der Waals surface area contributed by atoms with Gasteiger partial charge in [0.15, 0.2) is 0 Å². The fourth-order valence-electron chi connectivity index (χ4n) is 2.15. The number of nitrogens with one attached hydrogen (secondary N) is 1. The maximum Gasteiger partial charge on any atom is 0.307 e. The van der Waals surface area contributed by atoms with Gasteiger partial charge in [-0.05, 0) is 31.4 Å². The third kappa shape index (κ3) is 5.72. The minimum absolute atomic E-state index is 0.0677. The lowest BCUT2D eigenvalue weighted by Crippen LogP contribution is -2.36. The Morgan fingerprint density at radius 2 is 2.05 bits per heavy atom. The van der Waals surface area contributed by atoms with Gasteiger partial charge in [0.2, 0.25) is 0 Å². The van der Waals surface area contributed by atoms with Crippen molar-refractivity contribution < 1.29 is 14.3 Å². The molecule has 0 amide bonds. The molecular formula is C16H25NO3. The zero-order valence-electron chi connectivity index (χ0n) is 12.9. The molecule has 0 aliphatic heterocycles. The highest BCUT2D eigenvalue weighted by molar-refractivity contribution is 5.70. The first-order chi connectivity index (χ1) is 9.56. The van der Waals surface area contributed by atoms with Crippen LogP contribution in [-0.4, -0.2) is 39.4 Å². The van der Waals surface area contributed by atoms with Crippen LogP contribution in [0.3, 0.4) is 0 Å². The summed E-state index contributed by atoms with van der Waals surface area (Å²) in [6.07, 6.45) is 1.18. The van der Waals surface area contributed by atoms with Crippen LogP contribution >= 0.6 is 0 Å². The maximum atomic E-state index is 11.5. The van der Waals surface area contributed by atoms with Gasteiger partial charge in [0.1, 0.15) is 0 Å². The number of hydrogen-bond donors (Lipinski definition) is 1. The van der Waals surface area contributed by atoms with Crippen molar-refractivity contribution in [2.45, 2.75) is 32.7 Å². The summed E-state index contributed by atoms with van der Waals surface area (Å²) in [5, 5.41) is 3.36. The molecule has 0 heterocycles. The zero-order chi connectivity index (χ0) is 15.0.